The topological polar surface area (TPSA) is 111 Å². The smallest absolute Gasteiger partial charge is 0.000653 e. The highest BCUT2D eigenvalue weighted by Crippen LogP contribution is 2.00. The van der Waals surface area contributed by atoms with Gasteiger partial charge in [-0.25, -0.2) is 0 Å². The molecule has 0 rings (SSSR count). The molecule has 128 valence electrons. The third-order valence-electron chi connectivity index (χ3n) is 3.66. The molecule has 21 heavy (non-hydrogen) atoms. The second-order valence-corrected chi connectivity index (χ2v) is 5.61. The maximum absolute atomic E-state index is 5.61. The quantitative estimate of drug-likeness (QED) is 0.302. The predicted octanol–water partition coefficient (Wildman–Crippen LogP) is -0.624. The molecule has 0 aliphatic heterocycles. The first kappa shape index (κ1) is 20.8. The van der Waals surface area contributed by atoms with E-state index in [1.165, 1.54) is 6.42 Å². The second-order valence-electron chi connectivity index (χ2n) is 5.61. The molecule has 0 aliphatic rings. The summed E-state index contributed by atoms with van der Waals surface area (Å²) < 4.78 is 0. The largest absolute Gasteiger partial charge is 0.330 e. The number of rotatable bonds is 16. The minimum atomic E-state index is 0.762. The third-order valence-corrected chi connectivity index (χ3v) is 3.66. The van der Waals surface area contributed by atoms with Gasteiger partial charge in [0, 0.05) is 0 Å². The molecule has 0 spiro atoms. The Bertz CT molecular complexity index is 167. The Morgan fingerprint density at radius 1 is 0.381 bits per heavy atom. The maximum atomic E-state index is 5.61. The first-order valence-corrected chi connectivity index (χ1v) is 8.53. The van der Waals surface area contributed by atoms with Gasteiger partial charge in [0.1, 0.15) is 0 Å². The zero-order valence-electron chi connectivity index (χ0n) is 13.8. The Labute approximate surface area is 131 Å². The van der Waals surface area contributed by atoms with Crippen LogP contribution in [-0.2, 0) is 0 Å². The lowest BCUT2D eigenvalue weighted by molar-refractivity contribution is 0.222. The summed E-state index contributed by atoms with van der Waals surface area (Å²) in [6.45, 7) is 9.64. The summed E-state index contributed by atoms with van der Waals surface area (Å²) in [7, 11) is 0. The van der Waals surface area contributed by atoms with Crippen molar-refractivity contribution >= 4 is 0 Å². The van der Waals surface area contributed by atoms with Crippen molar-refractivity contribution in [1.82, 2.24) is 9.80 Å². The van der Waals surface area contributed by atoms with Gasteiger partial charge in [-0.15, -0.1) is 0 Å². The van der Waals surface area contributed by atoms with Crippen LogP contribution in [0.25, 0.3) is 0 Å². The first-order valence-electron chi connectivity index (χ1n) is 8.53. The van der Waals surface area contributed by atoms with E-state index < -0.39 is 0 Å². The first-order chi connectivity index (χ1) is 10.3. The molecular weight excluding hydrogens is 264 g/mol. The summed E-state index contributed by atoms with van der Waals surface area (Å²) in [5, 5.41) is 0. The van der Waals surface area contributed by atoms with Crippen molar-refractivity contribution in [3.8, 4) is 0 Å². The molecule has 0 fully saturated rings. The van der Waals surface area contributed by atoms with Crippen molar-refractivity contribution in [1.29, 1.82) is 0 Å². The van der Waals surface area contributed by atoms with E-state index in [-0.39, 0.29) is 0 Å². The van der Waals surface area contributed by atoms with E-state index >= 15 is 0 Å². The molecule has 0 aliphatic carbocycles. The Morgan fingerprint density at radius 2 is 0.619 bits per heavy atom. The molecule has 0 amide bonds. The van der Waals surface area contributed by atoms with E-state index in [4.69, 9.17) is 22.9 Å². The van der Waals surface area contributed by atoms with Gasteiger partial charge >= 0.3 is 0 Å². The van der Waals surface area contributed by atoms with Crippen LogP contribution in [0.15, 0.2) is 0 Å². The lowest BCUT2D eigenvalue weighted by Gasteiger charge is -2.25. The van der Waals surface area contributed by atoms with Crippen LogP contribution in [0.4, 0.5) is 0 Å². The highest BCUT2D eigenvalue weighted by Gasteiger charge is 2.07. The van der Waals surface area contributed by atoms with Gasteiger partial charge in [-0.3, -0.25) is 0 Å². The van der Waals surface area contributed by atoms with Crippen LogP contribution in [-0.4, -0.2) is 75.2 Å². The highest BCUT2D eigenvalue weighted by molar-refractivity contribution is 4.64. The summed E-state index contributed by atoms with van der Waals surface area (Å²) in [6, 6.07) is 0. The van der Waals surface area contributed by atoms with Gasteiger partial charge in [0.25, 0.3) is 0 Å². The zero-order chi connectivity index (χ0) is 15.8. The molecule has 6 heteroatoms. The molecule has 0 heterocycles. The minimum Gasteiger partial charge on any atom is -0.330 e. The van der Waals surface area contributed by atoms with Crippen molar-refractivity contribution < 1.29 is 0 Å². The molecule has 0 atom stereocenters. The summed E-state index contributed by atoms with van der Waals surface area (Å²) in [4.78, 5) is 4.98. The molecule has 8 N–H and O–H groups in total. The molecule has 0 aromatic rings. The fourth-order valence-corrected chi connectivity index (χ4v) is 2.45. The number of hydrogen-bond donors (Lipinski definition) is 4. The SMILES string of the molecule is NCCCN(CCCN)CCCN(CCCN)CCCN. The summed E-state index contributed by atoms with van der Waals surface area (Å²) >= 11 is 0. The van der Waals surface area contributed by atoms with Gasteiger partial charge in [-0.1, -0.05) is 0 Å². The van der Waals surface area contributed by atoms with E-state index in [0.29, 0.717) is 0 Å². The van der Waals surface area contributed by atoms with Crippen LogP contribution in [0.3, 0.4) is 0 Å². The third kappa shape index (κ3) is 13.2. The van der Waals surface area contributed by atoms with Crippen LogP contribution in [0.5, 0.6) is 0 Å². The van der Waals surface area contributed by atoms with Crippen LogP contribution < -0.4 is 22.9 Å². The standard InChI is InChI=1S/C15H38N6/c16-6-1-10-20(11-2-7-17)14-5-15-21(12-3-8-18)13-4-9-19/h1-19H2. The van der Waals surface area contributed by atoms with E-state index in [1.807, 2.05) is 0 Å². The predicted molar refractivity (Wildman–Crippen MR) is 92.2 cm³/mol. The van der Waals surface area contributed by atoms with Gasteiger partial charge < -0.3 is 32.7 Å². The minimum absolute atomic E-state index is 0.762. The van der Waals surface area contributed by atoms with Crippen molar-refractivity contribution in [3.05, 3.63) is 0 Å². The van der Waals surface area contributed by atoms with Crippen molar-refractivity contribution in [3.63, 3.8) is 0 Å². The molecule has 0 aromatic carbocycles. The Balaban J connectivity index is 3.96. The van der Waals surface area contributed by atoms with E-state index in [0.717, 1.165) is 91.1 Å². The average Bonchev–Trinajstić information content (AvgIpc) is 2.51. The summed E-state index contributed by atoms with van der Waals surface area (Å²) in [6.07, 6.45) is 5.44. The van der Waals surface area contributed by atoms with Gasteiger partial charge in [-0.05, 0) is 97.6 Å². The Morgan fingerprint density at radius 3 is 0.857 bits per heavy atom. The van der Waals surface area contributed by atoms with E-state index in [9.17, 15) is 0 Å². The molecule has 0 radical (unpaired) electrons. The number of nitrogens with zero attached hydrogens (tertiary/aromatic N) is 2. The Kier molecular flexibility index (Phi) is 16.0. The molecule has 0 bridgehead atoms. The molecule has 0 saturated heterocycles. The van der Waals surface area contributed by atoms with Crippen molar-refractivity contribution in [2.75, 3.05) is 65.4 Å². The molecular formula is C15H38N6. The van der Waals surface area contributed by atoms with Crippen molar-refractivity contribution in [2.24, 2.45) is 22.9 Å². The van der Waals surface area contributed by atoms with Crippen LogP contribution >= 0.6 is 0 Å². The maximum Gasteiger partial charge on any atom is -0.000653 e. The Hall–Kier alpha value is -0.240. The molecule has 6 nitrogen and oxygen atoms in total. The zero-order valence-corrected chi connectivity index (χ0v) is 13.8. The van der Waals surface area contributed by atoms with Gasteiger partial charge in [-0.2, -0.15) is 0 Å². The summed E-state index contributed by atoms with van der Waals surface area (Å²) in [5.41, 5.74) is 22.4. The lowest BCUT2D eigenvalue weighted by atomic mass is 10.2. The van der Waals surface area contributed by atoms with Crippen LogP contribution in [0.1, 0.15) is 32.1 Å². The lowest BCUT2D eigenvalue weighted by Crippen LogP contribution is -2.34. The van der Waals surface area contributed by atoms with Gasteiger partial charge in [0.2, 0.25) is 0 Å². The average molecular weight is 303 g/mol. The second kappa shape index (κ2) is 16.1. The van der Waals surface area contributed by atoms with Gasteiger partial charge in [0.15, 0.2) is 0 Å². The molecule has 0 unspecified atom stereocenters. The molecule has 0 aromatic heterocycles. The fourth-order valence-electron chi connectivity index (χ4n) is 2.45. The monoisotopic (exact) mass is 302 g/mol. The number of nitrogens with two attached hydrogens (primary N) is 4. The van der Waals surface area contributed by atoms with E-state index in [1.54, 1.807) is 0 Å². The van der Waals surface area contributed by atoms with Gasteiger partial charge in [0.05, 0.1) is 0 Å². The van der Waals surface area contributed by atoms with E-state index in [2.05, 4.69) is 9.80 Å². The van der Waals surface area contributed by atoms with Crippen LogP contribution in [0, 0.1) is 0 Å². The van der Waals surface area contributed by atoms with Crippen LogP contribution in [0.2, 0.25) is 0 Å². The fraction of sp³-hybridized carbons (Fsp3) is 1.00. The summed E-state index contributed by atoms with van der Waals surface area (Å²) in [5.74, 6) is 0. The molecule has 0 saturated carbocycles. The number of hydrogen-bond acceptors (Lipinski definition) is 6. The normalized spacial score (nSPS) is 11.7. The van der Waals surface area contributed by atoms with Crippen molar-refractivity contribution in [2.45, 2.75) is 32.1 Å². The highest BCUT2D eigenvalue weighted by atomic mass is 15.1.